The summed E-state index contributed by atoms with van der Waals surface area (Å²) >= 11 is 0. The maximum Gasteiger partial charge on any atom is 0.349 e. The number of carbonyl (C=O) groups is 2. The molecular weight excluding hydrogens is 396 g/mol. The number of amides is 1. The normalized spacial score (nSPS) is 10.9. The highest BCUT2D eigenvalue weighted by Crippen LogP contribution is 2.29. The Bertz CT molecular complexity index is 1010. The molecular formula is C24H26N2O5. The van der Waals surface area contributed by atoms with Gasteiger partial charge in [0.05, 0.1) is 7.11 Å². The van der Waals surface area contributed by atoms with Crippen LogP contribution >= 0.6 is 0 Å². The molecule has 2 aromatic carbocycles. The molecule has 0 aliphatic heterocycles. The lowest BCUT2D eigenvalue weighted by Crippen LogP contribution is -2.30. The van der Waals surface area contributed by atoms with Gasteiger partial charge in [0.2, 0.25) is 0 Å². The quantitative estimate of drug-likeness (QED) is 0.301. The average molecular weight is 422 g/mol. The zero-order valence-electron chi connectivity index (χ0n) is 18.3. The van der Waals surface area contributed by atoms with E-state index in [-0.39, 0.29) is 29.7 Å². The minimum absolute atomic E-state index is 0.0395. The molecule has 2 aromatic rings. The fourth-order valence-electron chi connectivity index (χ4n) is 2.82. The Morgan fingerprint density at radius 1 is 1.10 bits per heavy atom. The molecule has 0 aliphatic rings. The summed E-state index contributed by atoms with van der Waals surface area (Å²) < 4.78 is 16.2. The van der Waals surface area contributed by atoms with Crippen molar-refractivity contribution < 1.29 is 23.8 Å². The van der Waals surface area contributed by atoms with Gasteiger partial charge in [-0.15, -0.1) is 0 Å². The molecule has 0 aromatic heterocycles. The summed E-state index contributed by atoms with van der Waals surface area (Å²) in [5.41, 5.74) is 2.58. The van der Waals surface area contributed by atoms with Crippen LogP contribution in [0.3, 0.4) is 0 Å². The third-order valence-corrected chi connectivity index (χ3v) is 4.06. The van der Waals surface area contributed by atoms with Gasteiger partial charge in [0.25, 0.3) is 5.91 Å². The van der Waals surface area contributed by atoms with Crippen molar-refractivity contribution in [1.29, 1.82) is 5.26 Å². The van der Waals surface area contributed by atoms with E-state index in [1.165, 1.54) is 19.3 Å². The second kappa shape index (κ2) is 10.8. The first-order chi connectivity index (χ1) is 14.7. The maximum absolute atomic E-state index is 12.2. The summed E-state index contributed by atoms with van der Waals surface area (Å²) in [5.74, 6) is 0.0322. The zero-order valence-corrected chi connectivity index (χ0v) is 18.3. The van der Waals surface area contributed by atoms with Gasteiger partial charge in [0, 0.05) is 6.04 Å². The Morgan fingerprint density at radius 3 is 2.35 bits per heavy atom. The Balaban J connectivity index is 2.10. The van der Waals surface area contributed by atoms with E-state index in [9.17, 15) is 14.9 Å². The molecule has 31 heavy (non-hydrogen) atoms. The monoisotopic (exact) mass is 422 g/mol. The van der Waals surface area contributed by atoms with E-state index in [2.05, 4.69) is 5.32 Å². The van der Waals surface area contributed by atoms with Crippen LogP contribution in [0.25, 0.3) is 6.08 Å². The van der Waals surface area contributed by atoms with Gasteiger partial charge < -0.3 is 19.5 Å². The number of methoxy groups -OCH3 is 1. The van der Waals surface area contributed by atoms with E-state index < -0.39 is 11.9 Å². The second-order valence-electron chi connectivity index (χ2n) is 7.29. The van der Waals surface area contributed by atoms with Crippen molar-refractivity contribution in [2.75, 3.05) is 13.7 Å². The molecule has 0 radical (unpaired) electrons. The molecule has 162 valence electrons. The van der Waals surface area contributed by atoms with Crippen molar-refractivity contribution in [3.05, 3.63) is 58.7 Å². The van der Waals surface area contributed by atoms with Crippen LogP contribution in [-0.4, -0.2) is 31.6 Å². The standard InChI is InChI=1S/C24H26N2O5/c1-15(2)26-24(28)19(13-25)11-18-6-7-21(22(12-18)29-5)31-23(27)14-30-20-9-16(3)8-17(4)10-20/h6-12,15H,14H2,1-5H3,(H,26,28)/b19-11+. The molecule has 0 fully saturated rings. The number of rotatable bonds is 8. The molecule has 0 saturated heterocycles. The smallest absolute Gasteiger partial charge is 0.349 e. The minimum atomic E-state index is -0.588. The number of aryl methyl sites for hydroxylation is 2. The van der Waals surface area contributed by atoms with Gasteiger partial charge in [-0.2, -0.15) is 5.26 Å². The molecule has 1 N–H and O–H groups in total. The predicted molar refractivity (Wildman–Crippen MR) is 117 cm³/mol. The van der Waals surface area contributed by atoms with Crippen LogP contribution < -0.4 is 19.5 Å². The molecule has 0 heterocycles. The van der Waals surface area contributed by atoms with E-state index in [4.69, 9.17) is 14.2 Å². The van der Waals surface area contributed by atoms with Crippen LogP contribution in [0.4, 0.5) is 0 Å². The third kappa shape index (κ3) is 7.19. The highest BCUT2D eigenvalue weighted by Gasteiger charge is 2.14. The van der Waals surface area contributed by atoms with Crippen LogP contribution in [0.1, 0.15) is 30.5 Å². The number of nitrogens with zero attached hydrogens (tertiary/aromatic N) is 1. The number of hydrogen-bond acceptors (Lipinski definition) is 6. The van der Waals surface area contributed by atoms with Crippen molar-refractivity contribution in [1.82, 2.24) is 5.32 Å². The second-order valence-corrected chi connectivity index (χ2v) is 7.29. The van der Waals surface area contributed by atoms with Crippen LogP contribution in [0.15, 0.2) is 42.0 Å². The first-order valence-electron chi connectivity index (χ1n) is 9.74. The lowest BCUT2D eigenvalue weighted by atomic mass is 10.1. The van der Waals surface area contributed by atoms with E-state index in [0.29, 0.717) is 11.3 Å². The van der Waals surface area contributed by atoms with Crippen LogP contribution in [-0.2, 0) is 9.59 Å². The summed E-state index contributed by atoms with van der Waals surface area (Å²) in [6.45, 7) is 7.25. The molecule has 0 atom stereocenters. The molecule has 0 aliphatic carbocycles. The summed E-state index contributed by atoms with van der Waals surface area (Å²) in [7, 11) is 1.43. The van der Waals surface area contributed by atoms with E-state index in [1.807, 2.05) is 52.0 Å². The Kier molecular flexibility index (Phi) is 8.21. The maximum atomic E-state index is 12.2. The lowest BCUT2D eigenvalue weighted by molar-refractivity contribution is -0.136. The number of esters is 1. The first-order valence-corrected chi connectivity index (χ1v) is 9.74. The van der Waals surface area contributed by atoms with E-state index in [0.717, 1.165) is 11.1 Å². The molecule has 0 spiro atoms. The summed E-state index contributed by atoms with van der Waals surface area (Å²) in [6, 6.07) is 12.2. The first kappa shape index (κ1) is 23.5. The topological polar surface area (TPSA) is 97.6 Å². The highest BCUT2D eigenvalue weighted by molar-refractivity contribution is 6.01. The lowest BCUT2D eigenvalue weighted by Gasteiger charge is -2.12. The number of carbonyl (C=O) groups excluding carboxylic acids is 2. The fraction of sp³-hybridized carbons (Fsp3) is 0.292. The molecule has 0 unspecified atom stereocenters. The molecule has 7 heteroatoms. The Labute approximate surface area is 182 Å². The fourth-order valence-corrected chi connectivity index (χ4v) is 2.82. The summed E-state index contributed by atoms with van der Waals surface area (Å²) in [4.78, 5) is 24.3. The van der Waals surface area contributed by atoms with Gasteiger partial charge in [0.1, 0.15) is 17.4 Å². The molecule has 7 nitrogen and oxygen atoms in total. The van der Waals surface area contributed by atoms with Crippen molar-refractivity contribution in [3.8, 4) is 23.3 Å². The predicted octanol–water partition coefficient (Wildman–Crippen LogP) is 3.73. The average Bonchev–Trinajstić information content (AvgIpc) is 2.70. The van der Waals surface area contributed by atoms with Crippen molar-refractivity contribution in [2.45, 2.75) is 33.7 Å². The summed E-state index contributed by atoms with van der Waals surface area (Å²) in [5, 5.41) is 11.9. The van der Waals surface area contributed by atoms with Gasteiger partial charge in [-0.1, -0.05) is 12.1 Å². The number of nitriles is 1. The van der Waals surface area contributed by atoms with E-state index in [1.54, 1.807) is 12.1 Å². The van der Waals surface area contributed by atoms with Crippen LogP contribution in [0.2, 0.25) is 0 Å². The number of nitrogens with one attached hydrogen (secondary N) is 1. The third-order valence-electron chi connectivity index (χ3n) is 4.06. The number of benzene rings is 2. The van der Waals surface area contributed by atoms with Gasteiger partial charge >= 0.3 is 5.97 Å². The van der Waals surface area contributed by atoms with Crippen molar-refractivity contribution >= 4 is 18.0 Å². The molecule has 1 amide bonds. The summed E-state index contributed by atoms with van der Waals surface area (Å²) in [6.07, 6.45) is 1.44. The minimum Gasteiger partial charge on any atom is -0.493 e. The molecule has 0 saturated carbocycles. The number of ether oxygens (including phenoxy) is 3. The SMILES string of the molecule is COc1cc(/C=C(\C#N)C(=O)NC(C)C)ccc1OC(=O)COc1cc(C)cc(C)c1. The van der Waals surface area contributed by atoms with Crippen LogP contribution in [0, 0.1) is 25.2 Å². The van der Waals surface area contributed by atoms with Crippen molar-refractivity contribution in [3.63, 3.8) is 0 Å². The zero-order chi connectivity index (χ0) is 23.0. The Morgan fingerprint density at radius 2 is 1.77 bits per heavy atom. The Hall–Kier alpha value is -3.79. The van der Waals surface area contributed by atoms with E-state index >= 15 is 0 Å². The van der Waals surface area contributed by atoms with Crippen LogP contribution in [0.5, 0.6) is 17.2 Å². The highest BCUT2D eigenvalue weighted by atomic mass is 16.6. The molecule has 0 bridgehead atoms. The van der Waals surface area contributed by atoms with Gasteiger partial charge in [-0.25, -0.2) is 4.79 Å². The van der Waals surface area contributed by atoms with Crippen molar-refractivity contribution in [2.24, 2.45) is 0 Å². The number of hydrogen-bond donors (Lipinski definition) is 1. The van der Waals surface area contributed by atoms with Gasteiger partial charge in [-0.3, -0.25) is 4.79 Å². The van der Waals surface area contributed by atoms with Gasteiger partial charge in [-0.05, 0) is 74.7 Å². The largest absolute Gasteiger partial charge is 0.493 e. The molecule has 2 rings (SSSR count). The van der Waals surface area contributed by atoms with Gasteiger partial charge in [0.15, 0.2) is 18.1 Å².